The summed E-state index contributed by atoms with van der Waals surface area (Å²) in [7, 11) is 0. The Balaban J connectivity index is 1.40. The van der Waals surface area contributed by atoms with Gasteiger partial charge in [0, 0.05) is 6.04 Å². The average molecular weight is 330 g/mol. The van der Waals surface area contributed by atoms with Crippen molar-refractivity contribution in [2.45, 2.75) is 45.6 Å². The predicted octanol–water partition coefficient (Wildman–Crippen LogP) is 1.73. The first-order chi connectivity index (χ1) is 11.5. The molecule has 24 heavy (non-hydrogen) atoms. The molecule has 4 aliphatic rings. The van der Waals surface area contributed by atoms with Crippen molar-refractivity contribution in [2.24, 2.45) is 35.5 Å². The van der Waals surface area contributed by atoms with Gasteiger partial charge in [-0.25, -0.2) is 0 Å². The van der Waals surface area contributed by atoms with Crippen molar-refractivity contribution in [1.29, 1.82) is 0 Å². The maximum Gasteiger partial charge on any atom is 0.240 e. The summed E-state index contributed by atoms with van der Waals surface area (Å²) in [6, 6.07) is 0.159. The Labute approximate surface area is 142 Å². The van der Waals surface area contributed by atoms with Crippen LogP contribution in [0, 0.1) is 35.5 Å². The molecular formula is C19H26N2O3. The van der Waals surface area contributed by atoms with Crippen LogP contribution in [0.2, 0.25) is 0 Å². The number of likely N-dealkylation sites (tertiary alicyclic amines) is 1. The van der Waals surface area contributed by atoms with Gasteiger partial charge in [-0.1, -0.05) is 38.8 Å². The van der Waals surface area contributed by atoms with Crippen LogP contribution in [0.3, 0.4) is 0 Å². The third-order valence-corrected chi connectivity index (χ3v) is 6.92. The van der Waals surface area contributed by atoms with Crippen molar-refractivity contribution in [3.8, 4) is 0 Å². The molecule has 7 unspecified atom stereocenters. The molecule has 0 aromatic heterocycles. The number of hydrogen-bond donors (Lipinski definition) is 1. The summed E-state index contributed by atoms with van der Waals surface area (Å²) < 4.78 is 0. The van der Waals surface area contributed by atoms with Gasteiger partial charge in [-0.15, -0.1) is 0 Å². The molecule has 3 fully saturated rings. The summed E-state index contributed by atoms with van der Waals surface area (Å²) in [5.74, 6) is 0.537. The van der Waals surface area contributed by atoms with E-state index in [1.165, 1.54) is 11.3 Å². The van der Waals surface area contributed by atoms with Crippen LogP contribution >= 0.6 is 0 Å². The fraction of sp³-hybridized carbons (Fsp3) is 0.737. The monoisotopic (exact) mass is 330 g/mol. The maximum absolute atomic E-state index is 12.6. The number of hydrogen-bond acceptors (Lipinski definition) is 3. The van der Waals surface area contributed by atoms with Crippen molar-refractivity contribution in [3.63, 3.8) is 0 Å². The highest BCUT2D eigenvalue weighted by atomic mass is 16.2. The quantitative estimate of drug-likeness (QED) is 0.633. The van der Waals surface area contributed by atoms with Crippen LogP contribution < -0.4 is 5.32 Å². The molecule has 4 rings (SSSR count). The molecule has 1 heterocycles. The fourth-order valence-corrected chi connectivity index (χ4v) is 5.30. The molecule has 3 aliphatic carbocycles. The van der Waals surface area contributed by atoms with Gasteiger partial charge in [0.15, 0.2) is 0 Å². The predicted molar refractivity (Wildman–Crippen MR) is 88.5 cm³/mol. The minimum Gasteiger partial charge on any atom is -0.352 e. The molecule has 7 atom stereocenters. The van der Waals surface area contributed by atoms with Crippen molar-refractivity contribution < 1.29 is 14.4 Å². The zero-order valence-corrected chi connectivity index (χ0v) is 14.4. The van der Waals surface area contributed by atoms with Crippen LogP contribution in [0.25, 0.3) is 0 Å². The highest BCUT2D eigenvalue weighted by Gasteiger charge is 2.59. The Hall–Kier alpha value is -1.65. The van der Waals surface area contributed by atoms with Crippen LogP contribution in [-0.4, -0.2) is 35.2 Å². The average Bonchev–Trinajstić information content (AvgIpc) is 3.22. The first-order valence-corrected chi connectivity index (χ1v) is 9.30. The Morgan fingerprint density at radius 2 is 1.75 bits per heavy atom. The lowest BCUT2D eigenvalue weighted by molar-refractivity contribution is -0.144. The van der Waals surface area contributed by atoms with Crippen LogP contribution in [0.4, 0.5) is 0 Å². The number of rotatable bonds is 3. The molecule has 1 saturated heterocycles. The summed E-state index contributed by atoms with van der Waals surface area (Å²) >= 11 is 0. The lowest BCUT2D eigenvalue weighted by atomic mass is 9.78. The molecule has 0 spiro atoms. The zero-order valence-electron chi connectivity index (χ0n) is 14.4. The second-order valence-electron chi connectivity index (χ2n) is 8.20. The Bertz CT molecular complexity index is 584. The van der Waals surface area contributed by atoms with Crippen molar-refractivity contribution >= 4 is 17.7 Å². The topological polar surface area (TPSA) is 66.5 Å². The number of nitrogens with one attached hydrogen (secondary N) is 1. The summed E-state index contributed by atoms with van der Waals surface area (Å²) in [6.07, 6.45) is 8.38. The molecule has 0 aromatic carbocycles. The SMILES string of the molecule is CC1CCCC(NC(=O)CN2C(=O)C3C4C=CC(C4)C3C2=O)C1C. The van der Waals surface area contributed by atoms with E-state index >= 15 is 0 Å². The zero-order chi connectivity index (χ0) is 17.0. The van der Waals surface area contributed by atoms with E-state index in [4.69, 9.17) is 0 Å². The molecule has 3 amide bonds. The molecule has 5 nitrogen and oxygen atoms in total. The van der Waals surface area contributed by atoms with Crippen LogP contribution in [0.5, 0.6) is 0 Å². The highest BCUT2D eigenvalue weighted by Crippen LogP contribution is 2.52. The van der Waals surface area contributed by atoms with Crippen molar-refractivity contribution in [3.05, 3.63) is 12.2 Å². The molecular weight excluding hydrogens is 304 g/mol. The second-order valence-corrected chi connectivity index (χ2v) is 8.20. The molecule has 5 heteroatoms. The molecule has 130 valence electrons. The molecule has 1 aliphatic heterocycles. The Morgan fingerprint density at radius 3 is 2.38 bits per heavy atom. The van der Waals surface area contributed by atoms with E-state index in [2.05, 4.69) is 31.3 Å². The van der Waals surface area contributed by atoms with Crippen LogP contribution in [0.15, 0.2) is 12.2 Å². The Morgan fingerprint density at radius 1 is 1.12 bits per heavy atom. The standard InChI is InChI=1S/C19H26N2O3/c1-10-4-3-5-14(11(10)2)20-15(22)9-21-18(23)16-12-6-7-13(8-12)17(16)19(21)24/h6-7,10-14,16-17H,3-5,8-9H2,1-2H3,(H,20,22). The second kappa shape index (κ2) is 5.71. The minimum absolute atomic E-state index is 0.109. The van der Waals surface area contributed by atoms with Gasteiger partial charge in [-0.05, 0) is 36.5 Å². The first-order valence-electron chi connectivity index (χ1n) is 9.30. The third-order valence-electron chi connectivity index (χ3n) is 6.92. The van der Waals surface area contributed by atoms with Crippen LogP contribution in [0.1, 0.15) is 39.5 Å². The van der Waals surface area contributed by atoms with E-state index in [1.54, 1.807) is 0 Å². The maximum atomic E-state index is 12.6. The third kappa shape index (κ3) is 2.32. The van der Waals surface area contributed by atoms with Gasteiger partial charge in [-0.3, -0.25) is 19.3 Å². The highest BCUT2D eigenvalue weighted by molar-refractivity contribution is 6.08. The van der Waals surface area contributed by atoms with E-state index in [0.717, 1.165) is 19.3 Å². The minimum atomic E-state index is -0.214. The molecule has 0 radical (unpaired) electrons. The van der Waals surface area contributed by atoms with Crippen LogP contribution in [-0.2, 0) is 14.4 Å². The Kier molecular flexibility index (Phi) is 3.77. The first kappa shape index (κ1) is 15.9. The number of nitrogens with zero attached hydrogens (tertiary/aromatic N) is 1. The van der Waals surface area contributed by atoms with Crippen molar-refractivity contribution in [1.82, 2.24) is 10.2 Å². The molecule has 2 saturated carbocycles. The molecule has 1 N–H and O–H groups in total. The number of amides is 3. The number of carbonyl (C=O) groups is 3. The number of allylic oxidation sites excluding steroid dienone is 2. The van der Waals surface area contributed by atoms with E-state index in [-0.39, 0.29) is 54.0 Å². The lowest BCUT2D eigenvalue weighted by Crippen LogP contribution is -2.48. The van der Waals surface area contributed by atoms with Crippen molar-refractivity contribution in [2.75, 3.05) is 6.54 Å². The summed E-state index contributed by atoms with van der Waals surface area (Å²) in [6.45, 7) is 4.29. The van der Waals surface area contributed by atoms with Gasteiger partial charge in [0.25, 0.3) is 0 Å². The van der Waals surface area contributed by atoms with Gasteiger partial charge in [0.2, 0.25) is 17.7 Å². The van der Waals surface area contributed by atoms with Gasteiger partial charge in [0.05, 0.1) is 11.8 Å². The van der Waals surface area contributed by atoms with Gasteiger partial charge >= 0.3 is 0 Å². The summed E-state index contributed by atoms with van der Waals surface area (Å²) in [4.78, 5) is 38.9. The summed E-state index contributed by atoms with van der Waals surface area (Å²) in [5.41, 5.74) is 0. The smallest absolute Gasteiger partial charge is 0.240 e. The normalized spacial score (nSPS) is 43.4. The van der Waals surface area contributed by atoms with Gasteiger partial charge in [0.1, 0.15) is 6.54 Å². The van der Waals surface area contributed by atoms with E-state index in [0.29, 0.717) is 11.8 Å². The van der Waals surface area contributed by atoms with Gasteiger partial charge in [-0.2, -0.15) is 0 Å². The molecule has 2 bridgehead atoms. The molecule has 0 aromatic rings. The van der Waals surface area contributed by atoms with E-state index < -0.39 is 0 Å². The number of carbonyl (C=O) groups excluding carboxylic acids is 3. The largest absolute Gasteiger partial charge is 0.352 e. The van der Waals surface area contributed by atoms with E-state index in [9.17, 15) is 14.4 Å². The fourth-order valence-electron chi connectivity index (χ4n) is 5.30. The number of imide groups is 1. The lowest BCUT2D eigenvalue weighted by Gasteiger charge is -2.34. The summed E-state index contributed by atoms with van der Waals surface area (Å²) in [5, 5.41) is 3.07. The van der Waals surface area contributed by atoms with E-state index in [1.807, 2.05) is 0 Å². The van der Waals surface area contributed by atoms with Gasteiger partial charge < -0.3 is 5.32 Å². The number of fused-ring (bicyclic) bond motifs is 5.